The molecule has 2 aromatic heterocycles. The number of para-hydroxylation sites is 1. The number of nitrogens with one attached hydrogen (secondary N) is 2. The van der Waals surface area contributed by atoms with E-state index in [4.69, 9.17) is 4.98 Å². The van der Waals surface area contributed by atoms with Gasteiger partial charge in [-0.1, -0.05) is 13.5 Å². The van der Waals surface area contributed by atoms with Gasteiger partial charge in [-0.05, 0) is 76.8 Å². The van der Waals surface area contributed by atoms with Crippen LogP contribution in [0.1, 0.15) is 72.3 Å². The molecule has 1 unspecified atom stereocenters. The Hall–Kier alpha value is -2.85. The lowest BCUT2D eigenvalue weighted by atomic mass is 9.89. The van der Waals surface area contributed by atoms with Gasteiger partial charge in [0.15, 0.2) is 5.65 Å². The summed E-state index contributed by atoms with van der Waals surface area (Å²) >= 11 is 0. The highest BCUT2D eigenvalue weighted by Gasteiger charge is 2.37. The Morgan fingerprint density at radius 1 is 1.03 bits per heavy atom. The third kappa shape index (κ3) is 5.29. The number of anilines is 3. The molecule has 5 rings (SSSR count). The summed E-state index contributed by atoms with van der Waals surface area (Å²) < 4.78 is 30.8. The fourth-order valence-electron chi connectivity index (χ4n) is 5.36. The van der Waals surface area contributed by atoms with Crippen LogP contribution < -0.4 is 10.6 Å². The van der Waals surface area contributed by atoms with Gasteiger partial charge in [0.1, 0.15) is 22.8 Å². The van der Waals surface area contributed by atoms with E-state index in [0.717, 1.165) is 38.5 Å². The number of nitrogens with zero attached hydrogens (tertiary/aromatic N) is 4. The van der Waals surface area contributed by atoms with Gasteiger partial charge < -0.3 is 20.8 Å². The molecule has 2 aliphatic rings. The van der Waals surface area contributed by atoms with Gasteiger partial charge in [0, 0.05) is 12.1 Å². The van der Waals surface area contributed by atoms with Crippen LogP contribution in [0.4, 0.5) is 26.4 Å². The van der Waals surface area contributed by atoms with Crippen molar-refractivity contribution in [2.24, 2.45) is 5.92 Å². The number of hydrogen-bond donors (Lipinski definition) is 4. The average Bonchev–Trinajstić information content (AvgIpc) is 3.42. The molecule has 0 saturated heterocycles. The van der Waals surface area contributed by atoms with E-state index in [0.29, 0.717) is 23.5 Å². The van der Waals surface area contributed by atoms with Gasteiger partial charge in [0.25, 0.3) is 0 Å². The SMILES string of the molecule is C.CC(C)(O)[C@@H]1CCC(n2c(Nc3c(F)cccc3F)nc3cnc(NC4CCC(O)CC4)nc32)C1. The highest BCUT2D eigenvalue weighted by Crippen LogP contribution is 2.43. The first-order valence-electron chi connectivity index (χ1n) is 12.3. The smallest absolute Gasteiger partial charge is 0.224 e. The molecule has 2 heterocycles. The van der Waals surface area contributed by atoms with E-state index < -0.39 is 17.2 Å². The molecule has 0 amide bonds. The van der Waals surface area contributed by atoms with Crippen molar-refractivity contribution < 1.29 is 19.0 Å². The van der Waals surface area contributed by atoms with E-state index in [1.165, 1.54) is 18.2 Å². The van der Waals surface area contributed by atoms with Gasteiger partial charge in [-0.15, -0.1) is 0 Å². The maximum absolute atomic E-state index is 14.4. The molecule has 4 N–H and O–H groups in total. The number of halogens is 2. The predicted molar refractivity (Wildman–Crippen MR) is 136 cm³/mol. The monoisotopic (exact) mass is 502 g/mol. The molecule has 196 valence electrons. The molecule has 2 saturated carbocycles. The Morgan fingerprint density at radius 2 is 1.72 bits per heavy atom. The summed E-state index contributed by atoms with van der Waals surface area (Å²) in [5.74, 6) is -0.593. The van der Waals surface area contributed by atoms with Crippen molar-refractivity contribution in [2.45, 2.75) is 90.0 Å². The minimum atomic E-state index is -0.830. The molecule has 2 atom stereocenters. The summed E-state index contributed by atoms with van der Waals surface area (Å²) in [6, 6.07) is 3.82. The zero-order valence-electron chi connectivity index (χ0n) is 20.0. The number of fused-ring (bicyclic) bond motifs is 1. The Morgan fingerprint density at radius 3 is 2.36 bits per heavy atom. The predicted octanol–water partition coefficient (Wildman–Crippen LogP) is 5.31. The van der Waals surface area contributed by atoms with Gasteiger partial charge in [-0.2, -0.15) is 4.98 Å². The van der Waals surface area contributed by atoms with Crippen LogP contribution >= 0.6 is 0 Å². The summed E-state index contributed by atoms with van der Waals surface area (Å²) in [4.78, 5) is 13.8. The van der Waals surface area contributed by atoms with Crippen molar-refractivity contribution in [3.8, 4) is 0 Å². The van der Waals surface area contributed by atoms with Crippen LogP contribution in [-0.4, -0.2) is 47.5 Å². The molecule has 0 radical (unpaired) electrons. The van der Waals surface area contributed by atoms with E-state index in [2.05, 4.69) is 20.6 Å². The number of aliphatic hydroxyl groups excluding tert-OH is 1. The molecule has 2 fully saturated rings. The van der Waals surface area contributed by atoms with Crippen LogP contribution in [0.5, 0.6) is 0 Å². The second-order valence-corrected chi connectivity index (χ2v) is 10.4. The highest BCUT2D eigenvalue weighted by molar-refractivity contribution is 5.76. The quantitative estimate of drug-likeness (QED) is 0.362. The van der Waals surface area contributed by atoms with Gasteiger partial charge in [0.05, 0.1) is 17.9 Å². The lowest BCUT2D eigenvalue weighted by Crippen LogP contribution is -2.29. The Kier molecular flexibility index (Phi) is 7.47. The maximum Gasteiger partial charge on any atom is 0.224 e. The second kappa shape index (κ2) is 10.3. The van der Waals surface area contributed by atoms with Gasteiger partial charge >= 0.3 is 0 Å². The van der Waals surface area contributed by atoms with Crippen molar-refractivity contribution in [3.05, 3.63) is 36.0 Å². The van der Waals surface area contributed by atoms with Gasteiger partial charge in [0.2, 0.25) is 11.9 Å². The van der Waals surface area contributed by atoms with E-state index in [-0.39, 0.29) is 43.2 Å². The Balaban J connectivity index is 0.00000304. The van der Waals surface area contributed by atoms with E-state index >= 15 is 0 Å². The van der Waals surface area contributed by atoms with Crippen molar-refractivity contribution in [2.75, 3.05) is 10.6 Å². The van der Waals surface area contributed by atoms with Crippen molar-refractivity contribution in [1.82, 2.24) is 19.5 Å². The molecule has 0 spiro atoms. The number of aliphatic hydroxyl groups is 2. The van der Waals surface area contributed by atoms with Crippen molar-refractivity contribution in [3.63, 3.8) is 0 Å². The van der Waals surface area contributed by atoms with Crippen LogP contribution in [0.15, 0.2) is 24.4 Å². The summed E-state index contributed by atoms with van der Waals surface area (Å²) in [6.07, 6.45) is 6.79. The third-order valence-electron chi connectivity index (χ3n) is 7.43. The zero-order valence-corrected chi connectivity index (χ0v) is 20.0. The van der Waals surface area contributed by atoms with Crippen LogP contribution in [-0.2, 0) is 0 Å². The largest absolute Gasteiger partial charge is 0.393 e. The molecule has 10 heteroatoms. The normalized spacial score (nSPS) is 24.5. The molecular weight excluding hydrogens is 466 g/mol. The molecule has 3 aromatic rings. The number of benzene rings is 1. The Bertz CT molecular complexity index is 1180. The topological polar surface area (TPSA) is 108 Å². The summed E-state index contributed by atoms with van der Waals surface area (Å²) in [6.45, 7) is 3.62. The first-order chi connectivity index (χ1) is 16.7. The minimum Gasteiger partial charge on any atom is -0.393 e. The van der Waals surface area contributed by atoms with Crippen LogP contribution in [0.25, 0.3) is 11.2 Å². The minimum absolute atomic E-state index is 0. The third-order valence-corrected chi connectivity index (χ3v) is 7.43. The van der Waals surface area contributed by atoms with Crippen LogP contribution in [0.2, 0.25) is 0 Å². The Labute approximate surface area is 210 Å². The second-order valence-electron chi connectivity index (χ2n) is 10.4. The zero-order chi connectivity index (χ0) is 24.7. The standard InChI is InChI=1S/C25H32F2N6O2.CH4/c1-25(2,35)14-6-9-16(12-14)33-22-20(30-24(33)31-21-18(26)4-3-5-19(21)27)13-28-23(32-22)29-15-7-10-17(34)11-8-15;/h3-5,13-17,34-35H,6-12H2,1-2H3,(H,30,31)(H,28,29,32);1H4/t14-,15?,16?,17?;/m1./s1. The molecule has 0 aliphatic heterocycles. The lowest BCUT2D eigenvalue weighted by molar-refractivity contribution is 0.0186. The van der Waals surface area contributed by atoms with Crippen LogP contribution in [0.3, 0.4) is 0 Å². The summed E-state index contributed by atoms with van der Waals surface area (Å²) in [7, 11) is 0. The fraction of sp³-hybridized carbons (Fsp3) is 0.577. The fourth-order valence-corrected chi connectivity index (χ4v) is 5.36. The number of imidazole rings is 1. The molecular formula is C26H36F2N6O2. The van der Waals surface area contributed by atoms with Gasteiger partial charge in [-0.25, -0.2) is 18.7 Å². The first kappa shape index (κ1) is 26.2. The highest BCUT2D eigenvalue weighted by atomic mass is 19.1. The van der Waals surface area contributed by atoms with Crippen LogP contribution in [0, 0.1) is 17.6 Å². The van der Waals surface area contributed by atoms with E-state index in [1.54, 1.807) is 6.20 Å². The lowest BCUT2D eigenvalue weighted by Gasteiger charge is -2.26. The number of hydrogen-bond acceptors (Lipinski definition) is 7. The van der Waals surface area contributed by atoms with E-state index in [1.807, 2.05) is 18.4 Å². The first-order valence-corrected chi connectivity index (χ1v) is 12.3. The molecule has 36 heavy (non-hydrogen) atoms. The molecule has 0 bridgehead atoms. The van der Waals surface area contributed by atoms with Crippen molar-refractivity contribution >= 4 is 28.7 Å². The van der Waals surface area contributed by atoms with Gasteiger partial charge in [-0.3, -0.25) is 4.57 Å². The average molecular weight is 503 g/mol. The van der Waals surface area contributed by atoms with E-state index in [9.17, 15) is 19.0 Å². The summed E-state index contributed by atoms with van der Waals surface area (Å²) in [5, 5.41) is 26.6. The molecule has 8 nitrogen and oxygen atoms in total. The molecule has 1 aromatic carbocycles. The number of aromatic nitrogens is 4. The number of rotatable bonds is 6. The molecule has 2 aliphatic carbocycles. The summed E-state index contributed by atoms with van der Waals surface area (Å²) in [5.41, 5.74) is -0.0170. The van der Waals surface area contributed by atoms with Crippen molar-refractivity contribution in [1.29, 1.82) is 0 Å². The maximum atomic E-state index is 14.4.